The monoisotopic (exact) mass is 417 g/mol. The molecule has 1 saturated carbocycles. The van der Waals surface area contributed by atoms with Crippen LogP contribution in [0, 0.1) is 0 Å². The summed E-state index contributed by atoms with van der Waals surface area (Å²) in [5.74, 6) is -2.65. The van der Waals surface area contributed by atoms with Gasteiger partial charge in [-0.15, -0.1) is 0 Å². The standard InChI is InChI=1S/C18H19ClF3N3O3/c19-12-9-7-11(8-10-12)14(26)23-17(18(20,21)22)15(27)25(16(28)24-17)13-5-3-1-2-4-6-13/h7-10,13H,1-6H2,(H,23,26)(H,24,28). The number of imide groups is 1. The second-order valence-corrected chi connectivity index (χ2v) is 7.40. The molecule has 1 unspecified atom stereocenters. The molecule has 1 aliphatic heterocycles. The molecule has 4 amide bonds. The minimum Gasteiger partial charge on any atom is -0.314 e. The lowest BCUT2D eigenvalue weighted by molar-refractivity contribution is -0.200. The zero-order valence-corrected chi connectivity index (χ0v) is 15.6. The van der Waals surface area contributed by atoms with Gasteiger partial charge >= 0.3 is 12.2 Å². The predicted molar refractivity (Wildman–Crippen MR) is 94.6 cm³/mol. The van der Waals surface area contributed by atoms with Crippen LogP contribution >= 0.6 is 11.6 Å². The Morgan fingerprint density at radius 1 is 1.11 bits per heavy atom. The van der Waals surface area contributed by atoms with E-state index in [0.29, 0.717) is 22.8 Å². The first-order chi connectivity index (χ1) is 13.2. The van der Waals surface area contributed by atoms with E-state index in [9.17, 15) is 27.6 Å². The van der Waals surface area contributed by atoms with Crippen molar-refractivity contribution in [1.29, 1.82) is 0 Å². The van der Waals surface area contributed by atoms with Crippen molar-refractivity contribution in [1.82, 2.24) is 15.5 Å². The van der Waals surface area contributed by atoms with Crippen molar-refractivity contribution in [3.8, 4) is 0 Å². The molecule has 1 aromatic carbocycles. The van der Waals surface area contributed by atoms with Crippen molar-refractivity contribution in [3.05, 3.63) is 34.9 Å². The van der Waals surface area contributed by atoms with Crippen LogP contribution in [0.25, 0.3) is 0 Å². The van der Waals surface area contributed by atoms with Gasteiger partial charge in [-0.05, 0) is 37.1 Å². The fourth-order valence-electron chi connectivity index (χ4n) is 3.59. The Kier molecular flexibility index (Phi) is 5.56. The number of alkyl halides is 3. The summed E-state index contributed by atoms with van der Waals surface area (Å²) in [7, 11) is 0. The molecule has 2 N–H and O–H groups in total. The summed E-state index contributed by atoms with van der Waals surface area (Å²) in [6.45, 7) is 0. The van der Waals surface area contributed by atoms with Crippen molar-refractivity contribution >= 4 is 29.4 Å². The lowest BCUT2D eigenvalue weighted by Crippen LogP contribution is -2.69. The van der Waals surface area contributed by atoms with Crippen LogP contribution in [0.1, 0.15) is 48.9 Å². The largest absolute Gasteiger partial charge is 0.440 e. The van der Waals surface area contributed by atoms with Gasteiger partial charge in [0, 0.05) is 16.6 Å². The second-order valence-electron chi connectivity index (χ2n) is 6.96. The van der Waals surface area contributed by atoms with Gasteiger partial charge in [-0.1, -0.05) is 37.3 Å². The Morgan fingerprint density at radius 2 is 1.68 bits per heavy atom. The van der Waals surface area contributed by atoms with Gasteiger partial charge in [0.25, 0.3) is 17.5 Å². The maximum atomic E-state index is 13.9. The Balaban J connectivity index is 1.91. The van der Waals surface area contributed by atoms with Crippen LogP contribution in [0.15, 0.2) is 24.3 Å². The second kappa shape index (κ2) is 7.62. The highest BCUT2D eigenvalue weighted by atomic mass is 35.5. The molecule has 1 aromatic rings. The van der Waals surface area contributed by atoms with Crippen LogP contribution in [0.2, 0.25) is 5.02 Å². The first-order valence-electron chi connectivity index (χ1n) is 8.96. The molecule has 0 radical (unpaired) electrons. The van der Waals surface area contributed by atoms with E-state index in [1.165, 1.54) is 24.3 Å². The summed E-state index contributed by atoms with van der Waals surface area (Å²) < 4.78 is 41.7. The number of nitrogens with zero attached hydrogens (tertiary/aromatic N) is 1. The maximum absolute atomic E-state index is 13.9. The average Bonchev–Trinajstić information content (AvgIpc) is 2.80. The lowest BCUT2D eigenvalue weighted by Gasteiger charge is -2.31. The fraction of sp³-hybridized carbons (Fsp3) is 0.500. The zero-order chi connectivity index (χ0) is 20.5. The van der Waals surface area contributed by atoms with Gasteiger partial charge in [0.2, 0.25) is 0 Å². The number of carbonyl (C=O) groups excluding carboxylic acids is 3. The molecule has 0 spiro atoms. The minimum atomic E-state index is -5.22. The number of urea groups is 1. The van der Waals surface area contributed by atoms with Gasteiger partial charge in [-0.2, -0.15) is 13.2 Å². The van der Waals surface area contributed by atoms with E-state index in [0.717, 1.165) is 25.7 Å². The summed E-state index contributed by atoms with van der Waals surface area (Å²) in [6.07, 6.45) is -1.09. The molecule has 1 saturated heterocycles. The van der Waals surface area contributed by atoms with Gasteiger partial charge in [0.05, 0.1) is 0 Å². The number of carbonyl (C=O) groups is 3. The molecule has 10 heteroatoms. The normalized spacial score (nSPS) is 24.1. The molecule has 0 bridgehead atoms. The Morgan fingerprint density at radius 3 is 2.21 bits per heavy atom. The van der Waals surface area contributed by atoms with Crippen molar-refractivity contribution in [2.75, 3.05) is 0 Å². The molecule has 1 aliphatic carbocycles. The van der Waals surface area contributed by atoms with Crippen LogP contribution < -0.4 is 10.6 Å². The zero-order valence-electron chi connectivity index (χ0n) is 14.8. The molecule has 28 heavy (non-hydrogen) atoms. The van der Waals surface area contributed by atoms with E-state index in [-0.39, 0.29) is 5.56 Å². The summed E-state index contributed by atoms with van der Waals surface area (Å²) in [5, 5.41) is 3.69. The number of hydrogen-bond donors (Lipinski definition) is 2. The smallest absolute Gasteiger partial charge is 0.314 e. The molecule has 2 aliphatic rings. The van der Waals surface area contributed by atoms with Gasteiger partial charge in [-0.3, -0.25) is 19.8 Å². The molecule has 0 aromatic heterocycles. The van der Waals surface area contributed by atoms with Crippen molar-refractivity contribution < 1.29 is 27.6 Å². The number of hydrogen-bond acceptors (Lipinski definition) is 3. The van der Waals surface area contributed by atoms with Crippen molar-refractivity contribution in [3.63, 3.8) is 0 Å². The highest BCUT2D eigenvalue weighted by Gasteiger charge is 2.69. The van der Waals surface area contributed by atoms with Gasteiger partial charge in [-0.25, -0.2) is 4.79 Å². The third-order valence-electron chi connectivity index (χ3n) is 5.08. The van der Waals surface area contributed by atoms with Crippen LogP contribution in [-0.2, 0) is 4.79 Å². The highest BCUT2D eigenvalue weighted by molar-refractivity contribution is 6.30. The van der Waals surface area contributed by atoms with Gasteiger partial charge in [0.1, 0.15) is 0 Å². The molecule has 1 atom stereocenters. The van der Waals surface area contributed by atoms with Crippen LogP contribution in [0.5, 0.6) is 0 Å². The highest BCUT2D eigenvalue weighted by Crippen LogP contribution is 2.36. The number of benzene rings is 1. The number of halogens is 4. The van der Waals surface area contributed by atoms with E-state index in [2.05, 4.69) is 0 Å². The summed E-state index contributed by atoms with van der Waals surface area (Å²) in [4.78, 5) is 38.2. The molecular weight excluding hydrogens is 399 g/mol. The number of amides is 4. The predicted octanol–water partition coefficient (Wildman–Crippen LogP) is 3.60. The first kappa shape index (κ1) is 20.4. The minimum absolute atomic E-state index is 0.122. The first-order valence-corrected chi connectivity index (χ1v) is 9.34. The SMILES string of the molecule is O=C(NC1(C(F)(F)F)NC(=O)N(C2CCCCCC2)C1=O)c1ccc(Cl)cc1. The summed E-state index contributed by atoms with van der Waals surface area (Å²) in [5.41, 5.74) is -3.62. The summed E-state index contributed by atoms with van der Waals surface area (Å²) in [6, 6.07) is 3.36. The third-order valence-corrected chi connectivity index (χ3v) is 5.33. The Labute approximate surface area is 164 Å². The molecule has 152 valence electrons. The van der Waals surface area contributed by atoms with Crippen molar-refractivity contribution in [2.24, 2.45) is 0 Å². The summed E-state index contributed by atoms with van der Waals surface area (Å²) >= 11 is 5.72. The molecular formula is C18H19ClF3N3O3. The quantitative estimate of drug-likeness (QED) is 0.582. The van der Waals surface area contributed by atoms with E-state index in [4.69, 9.17) is 11.6 Å². The molecule has 2 fully saturated rings. The lowest BCUT2D eigenvalue weighted by atomic mass is 10.0. The molecule has 3 rings (SSSR count). The van der Waals surface area contributed by atoms with E-state index in [1.54, 1.807) is 10.6 Å². The Hall–Kier alpha value is -2.29. The van der Waals surface area contributed by atoms with Gasteiger partial charge < -0.3 is 5.32 Å². The Bertz CT molecular complexity index is 777. The van der Waals surface area contributed by atoms with Gasteiger partial charge in [0.15, 0.2) is 0 Å². The maximum Gasteiger partial charge on any atom is 0.440 e. The van der Waals surface area contributed by atoms with Crippen LogP contribution in [0.3, 0.4) is 0 Å². The number of nitrogens with one attached hydrogen (secondary N) is 2. The fourth-order valence-corrected chi connectivity index (χ4v) is 3.71. The van der Waals surface area contributed by atoms with E-state index >= 15 is 0 Å². The third kappa shape index (κ3) is 3.67. The number of rotatable bonds is 3. The van der Waals surface area contributed by atoms with Crippen LogP contribution in [0.4, 0.5) is 18.0 Å². The van der Waals surface area contributed by atoms with E-state index in [1.807, 2.05) is 0 Å². The molecule has 1 heterocycles. The van der Waals surface area contributed by atoms with Crippen molar-refractivity contribution in [2.45, 2.75) is 56.4 Å². The average molecular weight is 418 g/mol. The molecule has 6 nitrogen and oxygen atoms in total. The van der Waals surface area contributed by atoms with E-state index < -0.39 is 35.7 Å². The topological polar surface area (TPSA) is 78.5 Å². The van der Waals surface area contributed by atoms with Crippen LogP contribution in [-0.4, -0.2) is 40.6 Å².